The van der Waals surface area contributed by atoms with Crippen molar-refractivity contribution in [2.45, 2.75) is 65.2 Å². The lowest BCUT2D eigenvalue weighted by atomic mass is 9.99. The average molecular weight is 577 g/mol. The third-order valence-electron chi connectivity index (χ3n) is 6.44. The van der Waals surface area contributed by atoms with Gasteiger partial charge in [0, 0.05) is 36.7 Å². The van der Waals surface area contributed by atoms with Gasteiger partial charge in [0.1, 0.15) is 5.75 Å². The van der Waals surface area contributed by atoms with Crippen LogP contribution in [0.15, 0.2) is 54.6 Å². The molecule has 0 aliphatic carbocycles. The summed E-state index contributed by atoms with van der Waals surface area (Å²) in [5.74, 6) is 2.10. The molecule has 0 saturated carbocycles. The Hall–Kier alpha value is -2.15. The highest BCUT2D eigenvalue weighted by Crippen LogP contribution is 2.34. The summed E-state index contributed by atoms with van der Waals surface area (Å²) in [5.41, 5.74) is 8.37. The number of primary amides is 1. The number of unbranched alkanes of at least 4 members (excludes halogenated alkanes) is 3. The molecule has 0 spiro atoms. The monoisotopic (exact) mass is 576 g/mol. The molecule has 7 heteroatoms. The number of hydrogen-bond donors (Lipinski definition) is 2. The third-order valence-corrected chi connectivity index (χ3v) is 7.37. The molecule has 3 N–H and O–H groups in total. The summed E-state index contributed by atoms with van der Waals surface area (Å²) < 4.78 is 6.21. The first-order chi connectivity index (χ1) is 19.1. The molecule has 0 bridgehead atoms. The molecule has 0 saturated heterocycles. The first-order valence-corrected chi connectivity index (χ1v) is 16.0. The quantitative estimate of drug-likeness (QED) is 0.177. The second kappa shape index (κ2) is 21.6. The van der Waals surface area contributed by atoms with Gasteiger partial charge in [0.2, 0.25) is 5.91 Å². The van der Waals surface area contributed by atoms with Crippen molar-refractivity contribution in [2.24, 2.45) is 11.7 Å². The maximum Gasteiger partial charge on any atom is 0.248 e. The molecule has 3 rings (SSSR count). The van der Waals surface area contributed by atoms with E-state index in [1.54, 1.807) is 6.07 Å². The molecule has 0 aromatic heterocycles. The lowest BCUT2D eigenvalue weighted by Gasteiger charge is -2.27. The van der Waals surface area contributed by atoms with Crippen LogP contribution < -0.4 is 15.4 Å². The standard InChI is InChI=1S/C29H39ClN2O2S.C2H6.CH4O/c1-35-18-8-6-4-2-3-5-7-17-32-21-24(13-9-11-23-12-10-14-26(30)19-23)22-34-28-16-15-25(29(31)33)20-27(28)32;2*1-2/h2,4,10,12,14-16,19-20,24H,3,5-9,11,13,17-18,21-22H2,1H3,(H2,31,33);1-2H3;2H,1H3/b4-2+;;. The molecule has 1 atom stereocenters. The number of benzene rings is 2. The Morgan fingerprint density at radius 3 is 2.54 bits per heavy atom. The zero-order valence-corrected chi connectivity index (χ0v) is 25.9. The lowest BCUT2D eigenvalue weighted by molar-refractivity contribution is 0.1000. The maximum absolute atomic E-state index is 11.8. The van der Waals surface area contributed by atoms with Gasteiger partial charge in [-0.15, -0.1) is 0 Å². The van der Waals surface area contributed by atoms with Crippen LogP contribution in [-0.2, 0) is 6.42 Å². The van der Waals surface area contributed by atoms with Crippen molar-refractivity contribution in [3.05, 3.63) is 70.8 Å². The molecule has 218 valence electrons. The Morgan fingerprint density at radius 2 is 1.85 bits per heavy atom. The van der Waals surface area contributed by atoms with Crippen LogP contribution in [0.5, 0.6) is 5.75 Å². The van der Waals surface area contributed by atoms with E-state index in [0.29, 0.717) is 18.1 Å². The number of nitrogens with two attached hydrogens (primary N) is 1. The SMILES string of the molecule is CC.CO.CSCCC/C=C/CCCCN1CC(CCCc2cccc(Cl)c2)COc2ccc(C(N)=O)cc21. The number of carbonyl (C=O) groups excluding carboxylic acids is 1. The molecule has 1 amide bonds. The van der Waals surface area contributed by atoms with Gasteiger partial charge in [-0.05, 0) is 99.3 Å². The highest BCUT2D eigenvalue weighted by Gasteiger charge is 2.23. The summed E-state index contributed by atoms with van der Waals surface area (Å²) in [6.45, 7) is 6.56. The number of rotatable bonds is 14. The first kappa shape index (κ1) is 34.9. The fraction of sp³-hybridized carbons (Fsp3) is 0.531. The van der Waals surface area contributed by atoms with E-state index >= 15 is 0 Å². The van der Waals surface area contributed by atoms with Crippen molar-refractivity contribution in [2.75, 3.05) is 43.7 Å². The number of halogens is 1. The summed E-state index contributed by atoms with van der Waals surface area (Å²) in [5, 5.41) is 7.79. The van der Waals surface area contributed by atoms with Crippen LogP contribution in [0.3, 0.4) is 0 Å². The second-order valence-corrected chi connectivity index (χ2v) is 10.7. The molecule has 2 aromatic rings. The van der Waals surface area contributed by atoms with Crippen molar-refractivity contribution in [1.29, 1.82) is 0 Å². The smallest absolute Gasteiger partial charge is 0.248 e. The van der Waals surface area contributed by atoms with Gasteiger partial charge in [-0.1, -0.05) is 49.7 Å². The molecule has 1 aliphatic rings. The van der Waals surface area contributed by atoms with Gasteiger partial charge in [-0.25, -0.2) is 0 Å². The van der Waals surface area contributed by atoms with Gasteiger partial charge in [0.05, 0.1) is 12.3 Å². The number of fused-ring (bicyclic) bond motifs is 1. The van der Waals surface area contributed by atoms with Gasteiger partial charge in [0.15, 0.2) is 0 Å². The zero-order valence-electron chi connectivity index (χ0n) is 24.3. The third kappa shape index (κ3) is 13.7. The van der Waals surface area contributed by atoms with Gasteiger partial charge < -0.3 is 20.5 Å². The number of aliphatic hydroxyl groups is 1. The number of thioether (sulfide) groups is 1. The summed E-state index contributed by atoms with van der Waals surface area (Å²) in [6.07, 6.45) is 15.8. The summed E-state index contributed by atoms with van der Waals surface area (Å²) >= 11 is 8.05. The van der Waals surface area contributed by atoms with Crippen LogP contribution in [0.1, 0.15) is 74.7 Å². The van der Waals surface area contributed by atoms with Crippen LogP contribution in [0.2, 0.25) is 5.02 Å². The highest BCUT2D eigenvalue weighted by molar-refractivity contribution is 7.98. The number of hydrogen-bond acceptors (Lipinski definition) is 5. The normalized spacial score (nSPS) is 14.3. The summed E-state index contributed by atoms with van der Waals surface area (Å²) in [6, 6.07) is 13.7. The van der Waals surface area contributed by atoms with E-state index < -0.39 is 5.91 Å². The number of amides is 1. The fourth-order valence-corrected chi connectivity index (χ4v) is 5.20. The Balaban J connectivity index is 0.00000181. The molecule has 5 nitrogen and oxygen atoms in total. The minimum Gasteiger partial charge on any atom is -0.491 e. The van der Waals surface area contributed by atoms with Crippen LogP contribution in [0.25, 0.3) is 0 Å². The highest BCUT2D eigenvalue weighted by atomic mass is 35.5. The number of aliphatic hydroxyl groups excluding tert-OH is 1. The number of nitrogens with zero attached hydrogens (tertiary/aromatic N) is 1. The second-order valence-electron chi connectivity index (χ2n) is 9.29. The van der Waals surface area contributed by atoms with Gasteiger partial charge in [-0.3, -0.25) is 4.79 Å². The average Bonchev–Trinajstić information content (AvgIpc) is 3.13. The van der Waals surface area contributed by atoms with E-state index in [-0.39, 0.29) is 0 Å². The van der Waals surface area contributed by atoms with Crippen LogP contribution in [0.4, 0.5) is 5.69 Å². The predicted molar refractivity (Wildman–Crippen MR) is 171 cm³/mol. The minimum absolute atomic E-state index is 0.401. The minimum atomic E-state index is -0.401. The molecule has 39 heavy (non-hydrogen) atoms. The van der Waals surface area contributed by atoms with Crippen molar-refractivity contribution in [3.63, 3.8) is 0 Å². The Morgan fingerprint density at radius 1 is 1.10 bits per heavy atom. The zero-order chi connectivity index (χ0) is 28.9. The van der Waals surface area contributed by atoms with Crippen molar-refractivity contribution in [1.82, 2.24) is 0 Å². The molecule has 0 radical (unpaired) electrons. The van der Waals surface area contributed by atoms with E-state index in [1.807, 2.05) is 49.9 Å². The van der Waals surface area contributed by atoms with E-state index in [2.05, 4.69) is 35.4 Å². The van der Waals surface area contributed by atoms with Gasteiger partial charge in [-0.2, -0.15) is 11.8 Å². The first-order valence-electron chi connectivity index (χ1n) is 14.2. The largest absolute Gasteiger partial charge is 0.491 e. The Labute approximate surface area is 246 Å². The van der Waals surface area contributed by atoms with E-state index in [1.165, 1.54) is 24.2 Å². The fourth-order valence-electron chi connectivity index (χ4n) is 4.53. The van der Waals surface area contributed by atoms with E-state index in [0.717, 1.165) is 75.2 Å². The van der Waals surface area contributed by atoms with Crippen molar-refractivity contribution >= 4 is 35.0 Å². The number of anilines is 1. The molecule has 1 heterocycles. The van der Waals surface area contributed by atoms with Crippen LogP contribution in [0, 0.1) is 5.92 Å². The maximum atomic E-state index is 11.8. The lowest BCUT2D eigenvalue weighted by Crippen LogP contribution is -2.31. The van der Waals surface area contributed by atoms with Crippen molar-refractivity contribution < 1.29 is 14.6 Å². The number of allylic oxidation sites excluding steroid dienone is 2. The predicted octanol–water partition coefficient (Wildman–Crippen LogP) is 7.78. The molecular formula is C32H49ClN2O3S. The van der Waals surface area contributed by atoms with E-state index in [4.69, 9.17) is 27.2 Å². The van der Waals surface area contributed by atoms with Crippen molar-refractivity contribution in [3.8, 4) is 5.75 Å². The molecule has 0 fully saturated rings. The number of ether oxygens (including phenoxy) is 1. The van der Waals surface area contributed by atoms with E-state index in [9.17, 15) is 4.79 Å². The van der Waals surface area contributed by atoms with Gasteiger partial charge in [0.25, 0.3) is 0 Å². The molecular weight excluding hydrogens is 528 g/mol. The summed E-state index contributed by atoms with van der Waals surface area (Å²) in [7, 11) is 1.00. The Kier molecular flexibility index (Phi) is 19.4. The van der Waals surface area contributed by atoms with Gasteiger partial charge >= 0.3 is 0 Å². The van der Waals surface area contributed by atoms with Crippen LogP contribution >= 0.6 is 23.4 Å². The van der Waals surface area contributed by atoms with Crippen LogP contribution in [-0.4, -0.2) is 49.8 Å². The molecule has 1 unspecified atom stereocenters. The molecule has 2 aromatic carbocycles. The topological polar surface area (TPSA) is 75.8 Å². The number of aryl methyl sites for hydroxylation is 1. The Bertz CT molecular complexity index is 970. The molecule has 1 aliphatic heterocycles. The summed E-state index contributed by atoms with van der Waals surface area (Å²) in [4.78, 5) is 14.2. The number of carbonyl (C=O) groups is 1.